The Hall–Kier alpha value is -3.06. The summed E-state index contributed by atoms with van der Waals surface area (Å²) < 4.78 is 7.75. The highest BCUT2D eigenvalue weighted by Crippen LogP contribution is 2.23. The van der Waals surface area contributed by atoms with Crippen molar-refractivity contribution in [2.75, 3.05) is 6.61 Å². The molecule has 0 bridgehead atoms. The molecule has 1 aromatic heterocycles. The number of esters is 1. The number of ether oxygens (including phenoxy) is 1. The molecule has 2 aromatic carbocycles. The first-order valence-corrected chi connectivity index (χ1v) is 10.6. The molecular formula is C23H24N2O4S. The van der Waals surface area contributed by atoms with Crippen molar-refractivity contribution < 1.29 is 19.1 Å². The van der Waals surface area contributed by atoms with E-state index in [-0.39, 0.29) is 24.9 Å². The van der Waals surface area contributed by atoms with E-state index in [2.05, 4.69) is 24.9 Å². The number of Topliss-reactive ketones (excluding diaryl/α,β-unsaturated/α-hetero) is 1. The topological polar surface area (TPSA) is 77.7 Å². The van der Waals surface area contributed by atoms with E-state index >= 15 is 0 Å². The molecule has 6 nitrogen and oxygen atoms in total. The van der Waals surface area contributed by atoms with Crippen LogP contribution in [-0.2, 0) is 16.1 Å². The number of rotatable bonds is 6. The minimum absolute atomic E-state index is 0.0236. The molecule has 0 fully saturated rings. The monoisotopic (exact) mass is 424 g/mol. The number of amides is 1. The van der Waals surface area contributed by atoms with Crippen LogP contribution in [0, 0.1) is 0 Å². The molecule has 0 saturated heterocycles. The molecule has 3 rings (SSSR count). The van der Waals surface area contributed by atoms with Crippen molar-refractivity contribution in [1.82, 2.24) is 4.57 Å². The molecule has 1 heterocycles. The Morgan fingerprint density at radius 2 is 1.73 bits per heavy atom. The van der Waals surface area contributed by atoms with Crippen LogP contribution in [0.5, 0.6) is 0 Å². The van der Waals surface area contributed by atoms with Crippen LogP contribution < -0.4 is 4.80 Å². The molecule has 0 atom stereocenters. The quantitative estimate of drug-likeness (QED) is 0.436. The summed E-state index contributed by atoms with van der Waals surface area (Å²) in [6, 6.07) is 12.4. The van der Waals surface area contributed by atoms with Gasteiger partial charge in [-0.2, -0.15) is 4.99 Å². The van der Waals surface area contributed by atoms with Gasteiger partial charge < -0.3 is 9.30 Å². The normalized spacial score (nSPS) is 11.8. The first-order chi connectivity index (χ1) is 14.3. The largest absolute Gasteiger partial charge is 0.465 e. The molecule has 0 aliphatic rings. The third-order valence-electron chi connectivity index (χ3n) is 4.70. The van der Waals surface area contributed by atoms with Crippen LogP contribution >= 0.6 is 11.3 Å². The number of hydrogen-bond acceptors (Lipinski definition) is 5. The lowest BCUT2D eigenvalue weighted by Crippen LogP contribution is -2.23. The van der Waals surface area contributed by atoms with Crippen molar-refractivity contribution >= 4 is 39.2 Å². The average molecular weight is 425 g/mol. The summed E-state index contributed by atoms with van der Waals surface area (Å²) >= 11 is 1.36. The van der Waals surface area contributed by atoms with Crippen molar-refractivity contribution in [2.24, 2.45) is 4.99 Å². The van der Waals surface area contributed by atoms with Crippen molar-refractivity contribution in [3.05, 3.63) is 64.0 Å². The zero-order chi connectivity index (χ0) is 21.8. The number of benzene rings is 2. The number of aromatic nitrogens is 1. The molecule has 0 unspecified atom stereocenters. The van der Waals surface area contributed by atoms with E-state index in [0.29, 0.717) is 21.8 Å². The Morgan fingerprint density at radius 1 is 1.07 bits per heavy atom. The summed E-state index contributed by atoms with van der Waals surface area (Å²) in [6.07, 6.45) is 0. The van der Waals surface area contributed by atoms with Gasteiger partial charge in [-0.25, -0.2) is 0 Å². The molecule has 156 valence electrons. The minimum atomic E-state index is -0.432. The number of hydrogen-bond donors (Lipinski definition) is 0. The molecule has 7 heteroatoms. The molecule has 0 N–H and O–H groups in total. The number of fused-ring (bicyclic) bond motifs is 1. The molecule has 3 aromatic rings. The molecular weight excluding hydrogens is 400 g/mol. The lowest BCUT2D eigenvalue weighted by Gasteiger charge is -2.07. The maximum absolute atomic E-state index is 12.7. The van der Waals surface area contributed by atoms with E-state index in [4.69, 9.17) is 4.74 Å². The van der Waals surface area contributed by atoms with E-state index in [1.54, 1.807) is 35.8 Å². The third-order valence-corrected chi connectivity index (χ3v) is 5.74. The van der Waals surface area contributed by atoms with Gasteiger partial charge in [-0.15, -0.1) is 0 Å². The van der Waals surface area contributed by atoms with E-state index in [0.717, 1.165) is 10.2 Å². The zero-order valence-electron chi connectivity index (χ0n) is 17.5. The van der Waals surface area contributed by atoms with Gasteiger partial charge in [0.05, 0.1) is 16.8 Å². The third kappa shape index (κ3) is 4.74. The number of thiazole rings is 1. The Kier molecular flexibility index (Phi) is 6.62. The van der Waals surface area contributed by atoms with Gasteiger partial charge in [-0.1, -0.05) is 43.4 Å². The van der Waals surface area contributed by atoms with Gasteiger partial charge in [0.1, 0.15) is 6.54 Å². The molecule has 0 saturated carbocycles. The highest BCUT2D eigenvalue weighted by Gasteiger charge is 2.14. The molecule has 0 spiro atoms. The maximum Gasteiger partial charge on any atom is 0.326 e. The summed E-state index contributed by atoms with van der Waals surface area (Å²) in [5.41, 5.74) is 2.91. The Balaban J connectivity index is 2.08. The fraction of sp³-hybridized carbons (Fsp3) is 0.304. The summed E-state index contributed by atoms with van der Waals surface area (Å²) in [5.74, 6) is -0.524. The van der Waals surface area contributed by atoms with Crippen LogP contribution in [0.25, 0.3) is 10.2 Å². The Labute approximate surface area is 178 Å². The van der Waals surface area contributed by atoms with Crippen LogP contribution in [0.4, 0.5) is 0 Å². The highest BCUT2D eigenvalue weighted by molar-refractivity contribution is 7.16. The molecule has 30 heavy (non-hydrogen) atoms. The predicted octanol–water partition coefficient (Wildman–Crippen LogP) is 4.33. The minimum Gasteiger partial charge on any atom is -0.465 e. The van der Waals surface area contributed by atoms with Gasteiger partial charge in [0.25, 0.3) is 5.91 Å². The Morgan fingerprint density at radius 3 is 2.33 bits per heavy atom. The number of ketones is 1. The lowest BCUT2D eigenvalue weighted by molar-refractivity contribution is -0.143. The number of carbonyl (C=O) groups excluding carboxylic acids is 3. The summed E-state index contributed by atoms with van der Waals surface area (Å²) in [4.78, 5) is 41.0. The van der Waals surface area contributed by atoms with Crippen LogP contribution in [-0.4, -0.2) is 28.8 Å². The van der Waals surface area contributed by atoms with Crippen molar-refractivity contribution in [3.63, 3.8) is 0 Å². The smallest absolute Gasteiger partial charge is 0.326 e. The first kappa shape index (κ1) is 21.6. The number of nitrogens with zero attached hydrogens (tertiary/aromatic N) is 2. The maximum atomic E-state index is 12.7. The Bertz CT molecular complexity index is 1170. The van der Waals surface area contributed by atoms with Crippen LogP contribution in [0.1, 0.15) is 59.9 Å². The highest BCUT2D eigenvalue weighted by atomic mass is 32.1. The van der Waals surface area contributed by atoms with E-state index in [1.807, 2.05) is 12.1 Å². The second-order valence-corrected chi connectivity index (χ2v) is 8.22. The van der Waals surface area contributed by atoms with Gasteiger partial charge in [-0.05, 0) is 49.6 Å². The van der Waals surface area contributed by atoms with Crippen LogP contribution in [0.2, 0.25) is 0 Å². The van der Waals surface area contributed by atoms with Gasteiger partial charge in [0, 0.05) is 11.1 Å². The van der Waals surface area contributed by atoms with Crippen molar-refractivity contribution in [2.45, 2.75) is 40.2 Å². The first-order valence-electron chi connectivity index (χ1n) is 9.79. The molecule has 0 aliphatic heterocycles. The average Bonchev–Trinajstić information content (AvgIpc) is 3.04. The van der Waals surface area contributed by atoms with Gasteiger partial charge in [0.15, 0.2) is 10.6 Å². The SMILES string of the molecule is CCOC(=O)Cn1c(=NC(=O)c2ccc(C(C)=O)cc2)sc2cc(C(C)C)ccc21. The van der Waals surface area contributed by atoms with Crippen LogP contribution in [0.15, 0.2) is 47.5 Å². The summed E-state index contributed by atoms with van der Waals surface area (Å²) in [6.45, 7) is 7.71. The summed E-state index contributed by atoms with van der Waals surface area (Å²) in [7, 11) is 0. The molecule has 1 amide bonds. The van der Waals surface area contributed by atoms with Gasteiger partial charge in [-0.3, -0.25) is 14.4 Å². The van der Waals surface area contributed by atoms with E-state index < -0.39 is 5.91 Å². The van der Waals surface area contributed by atoms with Crippen molar-refractivity contribution in [3.8, 4) is 0 Å². The molecule has 0 radical (unpaired) electrons. The van der Waals surface area contributed by atoms with Crippen molar-refractivity contribution in [1.29, 1.82) is 0 Å². The lowest BCUT2D eigenvalue weighted by atomic mass is 10.0. The fourth-order valence-electron chi connectivity index (χ4n) is 3.02. The molecule has 0 aliphatic carbocycles. The second kappa shape index (κ2) is 9.17. The van der Waals surface area contributed by atoms with Crippen LogP contribution in [0.3, 0.4) is 0 Å². The fourth-order valence-corrected chi connectivity index (χ4v) is 4.10. The zero-order valence-corrected chi connectivity index (χ0v) is 18.3. The standard InChI is InChI=1S/C23H24N2O4S/c1-5-29-21(27)13-25-19-11-10-18(14(2)3)12-20(19)30-23(25)24-22(28)17-8-6-16(7-9-17)15(4)26/h6-12,14H,5,13H2,1-4H3. The predicted molar refractivity (Wildman–Crippen MR) is 117 cm³/mol. The van der Waals surface area contributed by atoms with E-state index in [1.165, 1.54) is 23.8 Å². The van der Waals surface area contributed by atoms with Gasteiger partial charge in [0.2, 0.25) is 0 Å². The summed E-state index contributed by atoms with van der Waals surface area (Å²) in [5, 5.41) is 0. The number of carbonyl (C=O) groups is 3. The second-order valence-electron chi connectivity index (χ2n) is 7.21. The van der Waals surface area contributed by atoms with E-state index in [9.17, 15) is 14.4 Å². The van der Waals surface area contributed by atoms with Gasteiger partial charge >= 0.3 is 5.97 Å².